The second-order valence-electron chi connectivity index (χ2n) is 4.35. The maximum Gasteiger partial charge on any atom is 0.203 e. The number of hydrogen-bond acceptors (Lipinski definition) is 4. The Labute approximate surface area is 109 Å². The monoisotopic (exact) mass is 253 g/mol. The van der Waals surface area contributed by atoms with Crippen molar-refractivity contribution in [2.24, 2.45) is 5.73 Å². The van der Waals surface area contributed by atoms with E-state index in [0.717, 1.165) is 24.2 Å². The van der Waals surface area contributed by atoms with E-state index < -0.39 is 0 Å². The Bertz CT molecular complexity index is 378. The molecule has 0 aliphatic carbocycles. The van der Waals surface area contributed by atoms with Crippen molar-refractivity contribution in [1.82, 2.24) is 0 Å². The van der Waals surface area contributed by atoms with E-state index in [2.05, 4.69) is 0 Å². The maximum absolute atomic E-state index is 5.86. The zero-order valence-electron chi connectivity index (χ0n) is 11.7. The van der Waals surface area contributed by atoms with Gasteiger partial charge in [0.05, 0.1) is 20.3 Å². The Hall–Kier alpha value is -1.42. The van der Waals surface area contributed by atoms with E-state index in [9.17, 15) is 0 Å². The molecule has 4 nitrogen and oxygen atoms in total. The lowest BCUT2D eigenvalue weighted by Gasteiger charge is -2.19. The number of hydrogen-bond donors (Lipinski definition) is 1. The first-order chi connectivity index (χ1) is 8.63. The van der Waals surface area contributed by atoms with E-state index in [-0.39, 0.29) is 6.10 Å². The van der Waals surface area contributed by atoms with Gasteiger partial charge in [-0.1, -0.05) is 6.07 Å². The van der Waals surface area contributed by atoms with Gasteiger partial charge in [0.2, 0.25) is 5.75 Å². The molecule has 102 valence electrons. The van der Waals surface area contributed by atoms with Gasteiger partial charge < -0.3 is 19.9 Å². The molecule has 0 amide bonds. The van der Waals surface area contributed by atoms with Crippen LogP contribution in [0.4, 0.5) is 0 Å². The van der Waals surface area contributed by atoms with Crippen LogP contribution < -0.4 is 19.9 Å². The molecule has 0 radical (unpaired) electrons. The number of aryl methyl sites for hydroxylation is 1. The van der Waals surface area contributed by atoms with Gasteiger partial charge in [-0.15, -0.1) is 0 Å². The zero-order chi connectivity index (χ0) is 13.5. The molecule has 0 atom stereocenters. The molecule has 1 aromatic rings. The molecular formula is C14H23NO3. The maximum atomic E-state index is 5.86. The topological polar surface area (TPSA) is 53.7 Å². The van der Waals surface area contributed by atoms with E-state index in [0.29, 0.717) is 18.0 Å². The SMILES string of the molecule is COc1ccc(CCCN)c(OC(C)C)c1OC. The minimum absolute atomic E-state index is 0.0858. The van der Waals surface area contributed by atoms with Crippen LogP contribution in [0.2, 0.25) is 0 Å². The van der Waals surface area contributed by atoms with E-state index >= 15 is 0 Å². The molecule has 0 unspecified atom stereocenters. The van der Waals surface area contributed by atoms with Crippen molar-refractivity contribution < 1.29 is 14.2 Å². The molecule has 1 rings (SSSR count). The lowest BCUT2D eigenvalue weighted by atomic mass is 10.1. The first-order valence-corrected chi connectivity index (χ1v) is 6.24. The van der Waals surface area contributed by atoms with Crippen LogP contribution in [-0.4, -0.2) is 26.9 Å². The normalized spacial score (nSPS) is 10.6. The van der Waals surface area contributed by atoms with Gasteiger partial charge in [-0.25, -0.2) is 0 Å². The third-order valence-electron chi connectivity index (χ3n) is 2.59. The Balaban J connectivity index is 3.16. The molecule has 0 saturated heterocycles. The predicted molar refractivity (Wildman–Crippen MR) is 72.7 cm³/mol. The molecule has 0 aliphatic heterocycles. The quantitative estimate of drug-likeness (QED) is 0.810. The van der Waals surface area contributed by atoms with Crippen LogP contribution in [0.5, 0.6) is 17.2 Å². The van der Waals surface area contributed by atoms with Crippen molar-refractivity contribution in [3.8, 4) is 17.2 Å². The summed E-state index contributed by atoms with van der Waals surface area (Å²) in [6.07, 6.45) is 1.88. The highest BCUT2D eigenvalue weighted by atomic mass is 16.5. The minimum Gasteiger partial charge on any atom is -0.493 e. The van der Waals surface area contributed by atoms with Crippen molar-refractivity contribution in [2.45, 2.75) is 32.8 Å². The number of benzene rings is 1. The number of ether oxygens (including phenoxy) is 3. The van der Waals surface area contributed by atoms with E-state index in [4.69, 9.17) is 19.9 Å². The summed E-state index contributed by atoms with van der Waals surface area (Å²) in [7, 11) is 3.24. The molecule has 0 bridgehead atoms. The first kappa shape index (κ1) is 14.6. The number of rotatable bonds is 7. The second-order valence-corrected chi connectivity index (χ2v) is 4.35. The summed E-state index contributed by atoms with van der Waals surface area (Å²) in [5.74, 6) is 2.10. The fraction of sp³-hybridized carbons (Fsp3) is 0.571. The van der Waals surface area contributed by atoms with Gasteiger partial charge in [-0.2, -0.15) is 0 Å². The zero-order valence-corrected chi connectivity index (χ0v) is 11.7. The Morgan fingerprint density at radius 1 is 1.11 bits per heavy atom. The van der Waals surface area contributed by atoms with Crippen molar-refractivity contribution in [3.05, 3.63) is 17.7 Å². The predicted octanol–water partition coefficient (Wildman–Crippen LogP) is 2.38. The van der Waals surface area contributed by atoms with Crippen molar-refractivity contribution in [1.29, 1.82) is 0 Å². The van der Waals surface area contributed by atoms with Crippen LogP contribution in [0.15, 0.2) is 12.1 Å². The number of nitrogens with two attached hydrogens (primary N) is 1. The molecule has 18 heavy (non-hydrogen) atoms. The third kappa shape index (κ3) is 3.53. The molecule has 0 aromatic heterocycles. The third-order valence-corrected chi connectivity index (χ3v) is 2.59. The molecule has 0 aliphatic rings. The largest absolute Gasteiger partial charge is 0.493 e. The van der Waals surface area contributed by atoms with Crippen LogP contribution in [0, 0.1) is 0 Å². The van der Waals surface area contributed by atoms with Gasteiger partial charge in [-0.3, -0.25) is 0 Å². The minimum atomic E-state index is 0.0858. The summed E-state index contributed by atoms with van der Waals surface area (Å²) in [6.45, 7) is 4.65. The number of methoxy groups -OCH3 is 2. The second kappa shape index (κ2) is 7.11. The van der Waals surface area contributed by atoms with Gasteiger partial charge in [0.15, 0.2) is 11.5 Å². The smallest absolute Gasteiger partial charge is 0.203 e. The van der Waals surface area contributed by atoms with Crippen molar-refractivity contribution in [2.75, 3.05) is 20.8 Å². The van der Waals surface area contributed by atoms with Gasteiger partial charge in [0.25, 0.3) is 0 Å². The summed E-state index contributed by atoms with van der Waals surface area (Å²) < 4.78 is 16.6. The lowest BCUT2D eigenvalue weighted by Crippen LogP contribution is -2.10. The van der Waals surface area contributed by atoms with Crippen LogP contribution in [0.25, 0.3) is 0 Å². The summed E-state index contributed by atoms with van der Waals surface area (Å²) in [6, 6.07) is 3.91. The molecule has 0 spiro atoms. The van der Waals surface area contributed by atoms with E-state index in [1.54, 1.807) is 14.2 Å². The van der Waals surface area contributed by atoms with E-state index in [1.807, 2.05) is 26.0 Å². The fourth-order valence-corrected chi connectivity index (χ4v) is 1.79. The average Bonchev–Trinajstić information content (AvgIpc) is 2.36. The average molecular weight is 253 g/mol. The molecule has 1 aromatic carbocycles. The van der Waals surface area contributed by atoms with Gasteiger partial charge in [0, 0.05) is 0 Å². The highest BCUT2D eigenvalue weighted by molar-refractivity contribution is 5.55. The summed E-state index contributed by atoms with van der Waals surface area (Å²) in [5, 5.41) is 0. The van der Waals surface area contributed by atoms with E-state index in [1.165, 1.54) is 0 Å². The molecule has 0 saturated carbocycles. The van der Waals surface area contributed by atoms with Gasteiger partial charge in [0.1, 0.15) is 0 Å². The first-order valence-electron chi connectivity index (χ1n) is 6.24. The van der Waals surface area contributed by atoms with Crippen LogP contribution >= 0.6 is 0 Å². The summed E-state index contributed by atoms with van der Waals surface area (Å²) in [5.41, 5.74) is 6.66. The molecule has 2 N–H and O–H groups in total. The fourth-order valence-electron chi connectivity index (χ4n) is 1.79. The Morgan fingerprint density at radius 3 is 2.33 bits per heavy atom. The van der Waals surface area contributed by atoms with Crippen molar-refractivity contribution >= 4 is 0 Å². The van der Waals surface area contributed by atoms with Crippen LogP contribution in [-0.2, 0) is 6.42 Å². The summed E-state index contributed by atoms with van der Waals surface area (Å²) >= 11 is 0. The molecular weight excluding hydrogens is 230 g/mol. The Morgan fingerprint density at radius 2 is 1.83 bits per heavy atom. The van der Waals surface area contributed by atoms with Crippen LogP contribution in [0.3, 0.4) is 0 Å². The molecule has 4 heteroatoms. The molecule has 0 heterocycles. The highest BCUT2D eigenvalue weighted by Crippen LogP contribution is 2.40. The van der Waals surface area contributed by atoms with Gasteiger partial charge >= 0.3 is 0 Å². The summed E-state index contributed by atoms with van der Waals surface area (Å²) in [4.78, 5) is 0. The lowest BCUT2D eigenvalue weighted by molar-refractivity contribution is 0.224. The van der Waals surface area contributed by atoms with Crippen molar-refractivity contribution in [3.63, 3.8) is 0 Å². The van der Waals surface area contributed by atoms with Crippen LogP contribution in [0.1, 0.15) is 25.8 Å². The van der Waals surface area contributed by atoms with Gasteiger partial charge in [-0.05, 0) is 44.9 Å². The standard InChI is InChI=1S/C14H23NO3/c1-10(2)18-13-11(6-5-9-15)7-8-12(16-3)14(13)17-4/h7-8,10H,5-6,9,15H2,1-4H3. The Kier molecular flexibility index (Phi) is 5.78. The molecule has 0 fully saturated rings. The highest BCUT2D eigenvalue weighted by Gasteiger charge is 2.17.